The van der Waals surface area contributed by atoms with E-state index in [1.807, 2.05) is 4.90 Å². The van der Waals surface area contributed by atoms with Crippen LogP contribution in [0.3, 0.4) is 0 Å². The average Bonchev–Trinajstić information content (AvgIpc) is 3.12. The van der Waals surface area contributed by atoms with Crippen molar-refractivity contribution in [2.45, 2.75) is 13.3 Å². The van der Waals surface area contributed by atoms with E-state index in [0.717, 1.165) is 5.69 Å². The van der Waals surface area contributed by atoms with E-state index in [-0.39, 0.29) is 28.7 Å². The molecule has 1 N–H and O–H groups in total. The second-order valence-corrected chi connectivity index (χ2v) is 6.16. The fraction of sp³-hybridized carbons (Fsp3) is 0.333. The van der Waals surface area contributed by atoms with Gasteiger partial charge < -0.3 is 19.3 Å². The molecule has 1 aromatic carbocycles. The number of carboxylic acid groups (broad SMARTS) is 1. The molecule has 9 nitrogen and oxygen atoms in total. The maximum atomic E-state index is 12.6. The maximum absolute atomic E-state index is 12.6. The summed E-state index contributed by atoms with van der Waals surface area (Å²) < 4.78 is 5.43. The first kappa shape index (κ1) is 18.4. The summed E-state index contributed by atoms with van der Waals surface area (Å²) in [6, 6.07) is 7.65. The zero-order valence-corrected chi connectivity index (χ0v) is 14.8. The first-order valence-corrected chi connectivity index (χ1v) is 8.55. The molecule has 0 unspecified atom stereocenters. The van der Waals surface area contributed by atoms with Crippen molar-refractivity contribution in [3.63, 3.8) is 0 Å². The third-order valence-electron chi connectivity index (χ3n) is 4.54. The summed E-state index contributed by atoms with van der Waals surface area (Å²) in [6.07, 6.45) is 0.384. The van der Waals surface area contributed by atoms with Gasteiger partial charge in [-0.2, -0.15) is 0 Å². The van der Waals surface area contributed by atoms with Crippen LogP contribution in [0.4, 0.5) is 11.4 Å². The number of amides is 1. The molecule has 0 spiro atoms. The molecule has 9 heteroatoms. The van der Waals surface area contributed by atoms with Gasteiger partial charge in [-0.05, 0) is 6.07 Å². The highest BCUT2D eigenvalue weighted by atomic mass is 16.6. The van der Waals surface area contributed by atoms with Gasteiger partial charge in [-0.1, -0.05) is 13.0 Å². The lowest BCUT2D eigenvalue weighted by atomic mass is 10.2. The van der Waals surface area contributed by atoms with Crippen LogP contribution in [0, 0.1) is 10.1 Å². The molecule has 2 aromatic rings. The van der Waals surface area contributed by atoms with Gasteiger partial charge in [-0.3, -0.25) is 14.9 Å². The highest BCUT2D eigenvalue weighted by molar-refractivity contribution is 5.96. The number of anilines is 1. The monoisotopic (exact) mass is 373 g/mol. The van der Waals surface area contributed by atoms with Crippen LogP contribution < -0.4 is 4.90 Å². The normalized spacial score (nSPS) is 14.3. The zero-order valence-electron chi connectivity index (χ0n) is 14.8. The largest absolute Gasteiger partial charge is 0.478 e. The van der Waals surface area contributed by atoms with Crippen molar-refractivity contribution in [1.82, 2.24) is 4.90 Å². The topological polar surface area (TPSA) is 117 Å². The number of hydrogen-bond acceptors (Lipinski definition) is 6. The third kappa shape index (κ3) is 3.76. The van der Waals surface area contributed by atoms with Gasteiger partial charge in [0.05, 0.1) is 4.92 Å². The molecule has 27 heavy (non-hydrogen) atoms. The molecule has 0 bridgehead atoms. The molecule has 0 radical (unpaired) electrons. The lowest BCUT2D eigenvalue weighted by Gasteiger charge is -2.35. The minimum absolute atomic E-state index is 0.0103. The van der Waals surface area contributed by atoms with E-state index in [0.29, 0.717) is 32.6 Å². The van der Waals surface area contributed by atoms with Crippen LogP contribution in [-0.2, 0) is 6.42 Å². The number of furan rings is 1. The number of nitrogens with zero attached hydrogens (tertiary/aromatic N) is 3. The molecule has 0 atom stereocenters. The Bertz CT molecular complexity index is 883. The molecule has 0 saturated carbocycles. The van der Waals surface area contributed by atoms with Crippen LogP contribution in [0.2, 0.25) is 0 Å². The maximum Gasteiger partial charge on any atom is 0.339 e. The Morgan fingerprint density at radius 2 is 1.93 bits per heavy atom. The van der Waals surface area contributed by atoms with Crippen molar-refractivity contribution >= 4 is 23.3 Å². The number of non-ortho nitro benzene ring substituents is 1. The minimum Gasteiger partial charge on any atom is -0.478 e. The van der Waals surface area contributed by atoms with E-state index in [9.17, 15) is 24.8 Å². The van der Waals surface area contributed by atoms with Gasteiger partial charge in [0.15, 0.2) is 5.76 Å². The lowest BCUT2D eigenvalue weighted by Crippen LogP contribution is -2.48. The van der Waals surface area contributed by atoms with Crippen molar-refractivity contribution in [3.05, 3.63) is 57.5 Å². The molecule has 1 aliphatic rings. The standard InChI is InChI=1S/C18H19N3O6/c1-2-15-14(18(23)24)11-16(27-15)17(22)20-8-6-19(7-9-20)12-4-3-5-13(10-12)21(25)26/h3-5,10-11H,2,6-9H2,1H3,(H,23,24). The lowest BCUT2D eigenvalue weighted by molar-refractivity contribution is -0.384. The number of aryl methyl sites for hydroxylation is 1. The molecule has 2 heterocycles. The summed E-state index contributed by atoms with van der Waals surface area (Å²) in [5.74, 6) is -1.17. The van der Waals surface area contributed by atoms with Gasteiger partial charge >= 0.3 is 5.97 Å². The number of benzene rings is 1. The van der Waals surface area contributed by atoms with Crippen LogP contribution in [0.25, 0.3) is 0 Å². The summed E-state index contributed by atoms with van der Waals surface area (Å²) in [7, 11) is 0. The van der Waals surface area contributed by atoms with Gasteiger partial charge in [0.25, 0.3) is 11.6 Å². The van der Waals surface area contributed by atoms with E-state index in [4.69, 9.17) is 4.42 Å². The Morgan fingerprint density at radius 3 is 2.48 bits per heavy atom. The Hall–Kier alpha value is -3.36. The van der Waals surface area contributed by atoms with E-state index in [2.05, 4.69) is 0 Å². The Kier molecular flexibility index (Phi) is 5.11. The molecule has 1 aliphatic heterocycles. The summed E-state index contributed by atoms with van der Waals surface area (Å²) in [5, 5.41) is 20.1. The van der Waals surface area contributed by atoms with Crippen molar-refractivity contribution in [1.29, 1.82) is 0 Å². The molecule has 0 aliphatic carbocycles. The number of nitro benzene ring substituents is 1. The van der Waals surface area contributed by atoms with E-state index < -0.39 is 10.9 Å². The molecule has 142 valence electrons. The minimum atomic E-state index is -1.12. The van der Waals surface area contributed by atoms with Gasteiger partial charge in [0.2, 0.25) is 0 Å². The van der Waals surface area contributed by atoms with E-state index in [1.165, 1.54) is 18.2 Å². The average molecular weight is 373 g/mol. The number of carboxylic acids is 1. The van der Waals surface area contributed by atoms with Crippen LogP contribution in [0.15, 0.2) is 34.7 Å². The van der Waals surface area contributed by atoms with Gasteiger partial charge in [-0.15, -0.1) is 0 Å². The number of carbonyl (C=O) groups is 2. The predicted molar refractivity (Wildman–Crippen MR) is 96.3 cm³/mol. The first-order valence-electron chi connectivity index (χ1n) is 8.55. The van der Waals surface area contributed by atoms with Crippen molar-refractivity contribution in [2.24, 2.45) is 0 Å². The smallest absolute Gasteiger partial charge is 0.339 e. The number of rotatable bonds is 5. The molecule has 1 fully saturated rings. The van der Waals surface area contributed by atoms with E-state index in [1.54, 1.807) is 24.0 Å². The zero-order chi connectivity index (χ0) is 19.6. The van der Waals surface area contributed by atoms with Crippen LogP contribution in [-0.4, -0.2) is 53.0 Å². The summed E-state index contributed by atoms with van der Waals surface area (Å²) in [5.41, 5.74) is 0.765. The van der Waals surface area contributed by atoms with E-state index >= 15 is 0 Å². The van der Waals surface area contributed by atoms with Crippen LogP contribution >= 0.6 is 0 Å². The second-order valence-electron chi connectivity index (χ2n) is 6.16. The van der Waals surface area contributed by atoms with Crippen molar-refractivity contribution < 1.29 is 24.0 Å². The number of carbonyl (C=O) groups excluding carboxylic acids is 1. The molecular weight excluding hydrogens is 354 g/mol. The van der Waals surface area contributed by atoms with Gasteiger partial charge in [0, 0.05) is 56.5 Å². The summed E-state index contributed by atoms with van der Waals surface area (Å²) in [4.78, 5) is 37.9. The fourth-order valence-electron chi connectivity index (χ4n) is 3.10. The Morgan fingerprint density at radius 1 is 1.22 bits per heavy atom. The Balaban J connectivity index is 1.69. The third-order valence-corrected chi connectivity index (χ3v) is 4.54. The highest BCUT2D eigenvalue weighted by Gasteiger charge is 2.27. The summed E-state index contributed by atoms with van der Waals surface area (Å²) in [6.45, 7) is 3.61. The SMILES string of the molecule is CCc1oc(C(=O)N2CCN(c3cccc([N+](=O)[O-])c3)CC2)cc1C(=O)O. The van der Waals surface area contributed by atoms with Gasteiger partial charge in [-0.25, -0.2) is 4.79 Å². The predicted octanol–water partition coefficient (Wildman–Crippen LogP) is 2.41. The first-order chi connectivity index (χ1) is 12.9. The molecule has 1 saturated heterocycles. The fourth-order valence-corrected chi connectivity index (χ4v) is 3.10. The summed E-state index contributed by atoms with van der Waals surface area (Å²) >= 11 is 0. The van der Waals surface area contributed by atoms with Gasteiger partial charge in [0.1, 0.15) is 11.3 Å². The van der Waals surface area contributed by atoms with Crippen molar-refractivity contribution in [3.8, 4) is 0 Å². The van der Waals surface area contributed by atoms with Crippen molar-refractivity contribution in [2.75, 3.05) is 31.1 Å². The molecule has 1 aromatic heterocycles. The number of nitro groups is 1. The van der Waals surface area contributed by atoms with Crippen LogP contribution in [0.1, 0.15) is 33.6 Å². The number of hydrogen-bond donors (Lipinski definition) is 1. The number of aromatic carboxylic acids is 1. The Labute approximate surface area is 154 Å². The highest BCUT2D eigenvalue weighted by Crippen LogP contribution is 2.23. The molecular formula is C18H19N3O6. The quantitative estimate of drug-likeness (QED) is 0.632. The van der Waals surface area contributed by atoms with Crippen LogP contribution in [0.5, 0.6) is 0 Å². The molecule has 1 amide bonds. The number of piperazine rings is 1. The second kappa shape index (κ2) is 7.48. The molecule has 3 rings (SSSR count).